The summed E-state index contributed by atoms with van der Waals surface area (Å²) in [5.74, 6) is -1.49. The molecule has 0 aromatic rings. The maximum Gasteiger partial charge on any atom is 0.130 e. The number of nitrogens with zero attached hydrogens (tertiary/aromatic N) is 2. The fourth-order valence-electron chi connectivity index (χ4n) is 8.51. The van der Waals surface area contributed by atoms with E-state index in [2.05, 4.69) is 0 Å². The van der Waals surface area contributed by atoms with E-state index >= 15 is 0 Å². The summed E-state index contributed by atoms with van der Waals surface area (Å²) in [7, 11) is 3.30. The van der Waals surface area contributed by atoms with E-state index < -0.39 is 134 Å². The smallest absolute Gasteiger partial charge is 0.130 e. The Hall–Kier alpha value is -0.920. The lowest BCUT2D eigenvalue weighted by Gasteiger charge is -2.51. The molecular formula is C34H72N10O13. The third kappa shape index (κ3) is 11.3. The second-order valence-electron chi connectivity index (χ2n) is 16.3. The molecule has 2 saturated heterocycles. The van der Waals surface area contributed by atoms with Gasteiger partial charge in [0.1, 0.15) is 36.9 Å². The molecule has 2 aliphatic carbocycles. The minimum atomic E-state index is -1.35. The van der Waals surface area contributed by atoms with E-state index in [1.807, 2.05) is 0 Å². The van der Waals surface area contributed by atoms with Gasteiger partial charge in [0.15, 0.2) is 0 Å². The first kappa shape index (κ1) is 48.7. The van der Waals surface area contributed by atoms with Crippen molar-refractivity contribution >= 4 is 0 Å². The summed E-state index contributed by atoms with van der Waals surface area (Å²) in [4.78, 5) is 3.14. The van der Waals surface area contributed by atoms with Crippen LogP contribution in [0.15, 0.2) is 0 Å². The molecule has 2 heterocycles. The highest BCUT2D eigenvalue weighted by Gasteiger charge is 2.55. The Kier molecular flexibility index (Phi) is 18.6. The molecule has 4 aliphatic rings. The molecule has 2 saturated carbocycles. The summed E-state index contributed by atoms with van der Waals surface area (Å²) in [6, 6.07) is -4.86. The standard InChI is InChI=1S/C34H72N10O13/c1-43(19(45)11-54-33-21(13(37)7-15(39)25(33)47)31-23(41)29(51)27(49)17(9-35)56-31)3-5-53-6-4-44(2)20(46)12-55-34-22(14(38)8-16(40)26(34)48)32-24(42)30(52)28(50)18(10-36)57-32/h13-34,45-52H,3-12,35-42H2,1-2H3/t13-,14-,15+,16+,17+,18+,19+,20+,21-,22-,23+,24+,25-,26-,27+,28+,29+,30+,31+,32+,33-,34-/m0/s1. The molecule has 0 radical (unpaired) electrons. The molecule has 4 fully saturated rings. The molecule has 336 valence electrons. The highest BCUT2D eigenvalue weighted by molar-refractivity contribution is 5.08. The Balaban J connectivity index is 1.23. The van der Waals surface area contributed by atoms with Crippen molar-refractivity contribution in [1.29, 1.82) is 0 Å². The molecule has 23 nitrogen and oxygen atoms in total. The average Bonchev–Trinajstić information content (AvgIpc) is 3.18. The summed E-state index contributed by atoms with van der Waals surface area (Å²) in [5.41, 5.74) is 49.2. The van der Waals surface area contributed by atoms with Crippen LogP contribution in [-0.4, -0.2) is 239 Å². The average molecular weight is 829 g/mol. The molecule has 0 bridgehead atoms. The Bertz CT molecular complexity index is 1110. The van der Waals surface area contributed by atoms with Gasteiger partial charge in [-0.15, -0.1) is 0 Å². The van der Waals surface area contributed by atoms with Gasteiger partial charge in [0.25, 0.3) is 0 Å². The second-order valence-corrected chi connectivity index (χ2v) is 16.3. The van der Waals surface area contributed by atoms with E-state index in [1.165, 1.54) is 0 Å². The molecule has 0 aromatic heterocycles. The molecule has 0 unspecified atom stereocenters. The van der Waals surface area contributed by atoms with E-state index in [9.17, 15) is 40.9 Å². The van der Waals surface area contributed by atoms with Crippen molar-refractivity contribution in [3.63, 3.8) is 0 Å². The van der Waals surface area contributed by atoms with Crippen molar-refractivity contribution in [2.24, 2.45) is 57.7 Å². The number of aliphatic hydroxyl groups is 8. The first-order valence-corrected chi connectivity index (χ1v) is 19.8. The summed E-state index contributed by atoms with van der Waals surface area (Å²) in [6.07, 6.45) is -15.2. The van der Waals surface area contributed by atoms with Crippen molar-refractivity contribution in [1.82, 2.24) is 9.80 Å². The zero-order chi connectivity index (χ0) is 42.5. The molecule has 0 amide bonds. The Morgan fingerprint density at radius 1 is 0.561 bits per heavy atom. The van der Waals surface area contributed by atoms with Gasteiger partial charge in [0.05, 0.1) is 87.3 Å². The number of ether oxygens (including phenoxy) is 5. The molecule has 4 rings (SSSR count). The summed E-state index contributed by atoms with van der Waals surface area (Å²) in [6.45, 7) is 0.262. The van der Waals surface area contributed by atoms with Crippen LogP contribution in [-0.2, 0) is 23.7 Å². The third-order valence-electron chi connectivity index (χ3n) is 12.4. The predicted molar refractivity (Wildman–Crippen MR) is 203 cm³/mol. The molecule has 57 heavy (non-hydrogen) atoms. The number of nitrogens with two attached hydrogens (primary N) is 8. The van der Waals surface area contributed by atoms with E-state index in [-0.39, 0.29) is 65.4 Å². The molecule has 2 aliphatic heterocycles. The lowest BCUT2D eigenvalue weighted by atomic mass is 9.71. The van der Waals surface area contributed by atoms with Gasteiger partial charge >= 0.3 is 0 Å². The number of aliphatic hydroxyl groups excluding tert-OH is 8. The molecule has 24 N–H and O–H groups in total. The lowest BCUT2D eigenvalue weighted by Crippen LogP contribution is -2.70. The monoisotopic (exact) mass is 829 g/mol. The van der Waals surface area contributed by atoms with E-state index in [4.69, 9.17) is 69.6 Å². The molecular weight excluding hydrogens is 756 g/mol. The minimum absolute atomic E-state index is 0.0888. The van der Waals surface area contributed by atoms with Gasteiger partial charge in [-0.25, -0.2) is 0 Å². The zero-order valence-electron chi connectivity index (χ0n) is 32.9. The maximum absolute atomic E-state index is 11.0. The number of likely N-dealkylation sites (N-methyl/N-ethyl adjacent to an activating group) is 2. The SMILES string of the molecule is CN(CCOCCN(C)[C@H](O)CO[C@@H]1[C@@H](O)[C@H](N)C[C@H](N)[C@H]1[C@H]1O[C@H](CN)[C@@H](O)[C@H](O)[C@H]1N)[C@H](O)CO[C@@H]1[C@@H](O)[C@H](N)C[C@H](N)[C@H]1[C@H]1O[C@H](CN)[C@@H](O)[C@H](O)[C@H]1N. The Labute approximate surface area is 333 Å². The highest BCUT2D eigenvalue weighted by Crippen LogP contribution is 2.37. The van der Waals surface area contributed by atoms with Gasteiger partial charge in [-0.1, -0.05) is 0 Å². The van der Waals surface area contributed by atoms with Crippen molar-refractivity contribution in [2.45, 2.75) is 135 Å². The van der Waals surface area contributed by atoms with Crippen LogP contribution < -0.4 is 45.9 Å². The van der Waals surface area contributed by atoms with Gasteiger partial charge in [-0.05, 0) is 26.9 Å². The fraction of sp³-hybridized carbons (Fsp3) is 1.00. The van der Waals surface area contributed by atoms with E-state index in [0.29, 0.717) is 0 Å². The molecule has 0 spiro atoms. The zero-order valence-corrected chi connectivity index (χ0v) is 32.9. The van der Waals surface area contributed by atoms with Gasteiger partial charge in [-0.2, -0.15) is 0 Å². The van der Waals surface area contributed by atoms with Crippen LogP contribution >= 0.6 is 0 Å². The highest BCUT2D eigenvalue weighted by atomic mass is 16.5. The van der Waals surface area contributed by atoms with Crippen LogP contribution in [0.2, 0.25) is 0 Å². The van der Waals surface area contributed by atoms with Crippen molar-refractivity contribution in [3.05, 3.63) is 0 Å². The van der Waals surface area contributed by atoms with Crippen molar-refractivity contribution in [2.75, 3.05) is 66.7 Å². The van der Waals surface area contributed by atoms with Crippen LogP contribution in [0.5, 0.6) is 0 Å². The number of hydrogen-bond acceptors (Lipinski definition) is 23. The Morgan fingerprint density at radius 3 is 1.25 bits per heavy atom. The van der Waals surface area contributed by atoms with Gasteiger partial charge in [0.2, 0.25) is 0 Å². The molecule has 23 heteroatoms. The quantitative estimate of drug-likeness (QED) is 0.0450. The third-order valence-corrected chi connectivity index (χ3v) is 12.4. The summed E-state index contributed by atoms with van der Waals surface area (Å²) in [5, 5.41) is 85.7. The largest absolute Gasteiger partial charge is 0.389 e. The van der Waals surface area contributed by atoms with Gasteiger partial charge in [-0.3, -0.25) is 9.80 Å². The van der Waals surface area contributed by atoms with Crippen LogP contribution in [0.3, 0.4) is 0 Å². The minimum Gasteiger partial charge on any atom is -0.389 e. The molecule has 0 aromatic carbocycles. The van der Waals surface area contributed by atoms with Crippen LogP contribution in [0.25, 0.3) is 0 Å². The van der Waals surface area contributed by atoms with Crippen LogP contribution in [0, 0.1) is 11.8 Å². The lowest BCUT2D eigenvalue weighted by molar-refractivity contribution is -0.222. The topological polar surface area (TPSA) is 423 Å². The normalized spacial score (nSPS) is 45.7. The number of hydrogen-bond donors (Lipinski definition) is 16. The first-order valence-electron chi connectivity index (χ1n) is 19.8. The fourth-order valence-corrected chi connectivity index (χ4v) is 8.51. The molecule has 22 atom stereocenters. The van der Waals surface area contributed by atoms with E-state index in [0.717, 1.165) is 0 Å². The van der Waals surface area contributed by atoms with Crippen molar-refractivity contribution < 1.29 is 64.5 Å². The van der Waals surface area contributed by atoms with Crippen LogP contribution in [0.1, 0.15) is 12.8 Å². The Morgan fingerprint density at radius 2 is 0.912 bits per heavy atom. The maximum atomic E-state index is 11.0. The second kappa shape index (κ2) is 21.7. The summed E-state index contributed by atoms with van der Waals surface area (Å²) < 4.78 is 29.8. The first-order chi connectivity index (χ1) is 26.9. The number of rotatable bonds is 18. The van der Waals surface area contributed by atoms with Crippen molar-refractivity contribution in [3.8, 4) is 0 Å². The summed E-state index contributed by atoms with van der Waals surface area (Å²) >= 11 is 0. The van der Waals surface area contributed by atoms with Crippen LogP contribution in [0.4, 0.5) is 0 Å². The van der Waals surface area contributed by atoms with Gasteiger partial charge < -0.3 is 110 Å². The van der Waals surface area contributed by atoms with E-state index in [1.54, 1.807) is 23.9 Å². The predicted octanol–water partition coefficient (Wildman–Crippen LogP) is -10.1. The van der Waals surface area contributed by atoms with Gasteiger partial charge in [0, 0.05) is 62.2 Å².